The summed E-state index contributed by atoms with van der Waals surface area (Å²) in [5, 5.41) is 29.8. The average molecular weight is 604 g/mol. The number of carboxylic acids is 3. The second kappa shape index (κ2) is 23.3. The summed E-state index contributed by atoms with van der Waals surface area (Å²) < 4.78 is 0. The molecule has 0 aromatic heterocycles. The van der Waals surface area contributed by atoms with Crippen molar-refractivity contribution in [2.45, 2.75) is 135 Å². The smallest absolute Gasteiger partial charge is 0.335 e. The van der Waals surface area contributed by atoms with Crippen LogP contribution < -0.4 is 5.32 Å². The largest absolute Gasteiger partial charge is 0.481 e. The van der Waals surface area contributed by atoms with Gasteiger partial charge in [-0.05, 0) is 49.4 Å². The van der Waals surface area contributed by atoms with Gasteiger partial charge in [0, 0.05) is 31.4 Å². The number of benzene rings is 1. The van der Waals surface area contributed by atoms with Crippen molar-refractivity contribution < 1.29 is 39.3 Å². The second-order valence-corrected chi connectivity index (χ2v) is 11.8. The molecular formula is C34H53NO8. The molecule has 1 atom stereocenters. The minimum Gasteiger partial charge on any atom is -0.481 e. The molecule has 0 aliphatic rings. The van der Waals surface area contributed by atoms with Gasteiger partial charge in [0.1, 0.15) is 5.78 Å². The molecule has 0 fully saturated rings. The molecule has 43 heavy (non-hydrogen) atoms. The standard InChI is InChI=1S/C34H53NO8/c1-26(33(40)41)18-16-17-21-35-32(39)28-22-27(23-29(25-28)34(42)43)24-30(36)19-14-12-10-8-6-4-2-3-5-7-9-11-13-15-20-31(37)38/h22-23,25-26H,2-21,24H2,1H3,(H,35,39)(H,37,38)(H,40,41)(H,42,43)/t26-/m0/s1. The lowest BCUT2D eigenvalue weighted by Crippen LogP contribution is -2.25. The van der Waals surface area contributed by atoms with Gasteiger partial charge in [-0.3, -0.25) is 19.2 Å². The van der Waals surface area contributed by atoms with Gasteiger partial charge in [0.25, 0.3) is 5.91 Å². The third-order valence-corrected chi connectivity index (χ3v) is 7.77. The molecule has 1 aromatic carbocycles. The van der Waals surface area contributed by atoms with Gasteiger partial charge in [-0.1, -0.05) is 90.4 Å². The number of carbonyl (C=O) groups excluding carboxylic acids is 2. The Morgan fingerprint density at radius 1 is 0.628 bits per heavy atom. The Hall–Kier alpha value is -3.23. The molecule has 0 bridgehead atoms. The highest BCUT2D eigenvalue weighted by molar-refractivity contribution is 5.98. The fourth-order valence-electron chi connectivity index (χ4n) is 5.09. The van der Waals surface area contributed by atoms with Crippen molar-refractivity contribution in [3.63, 3.8) is 0 Å². The van der Waals surface area contributed by atoms with Crippen LogP contribution in [-0.4, -0.2) is 51.5 Å². The summed E-state index contributed by atoms with van der Waals surface area (Å²) in [7, 11) is 0. The van der Waals surface area contributed by atoms with Crippen LogP contribution in [0.5, 0.6) is 0 Å². The highest BCUT2D eigenvalue weighted by Gasteiger charge is 2.15. The average Bonchev–Trinajstić information content (AvgIpc) is 2.96. The molecule has 0 heterocycles. The SMILES string of the molecule is C[C@@H](CCCCNC(=O)c1cc(CC(=O)CCCCCCCCCCCCCCCCC(=O)O)cc(C(=O)O)c1)C(=O)O. The van der Waals surface area contributed by atoms with Gasteiger partial charge >= 0.3 is 17.9 Å². The third kappa shape index (κ3) is 19.6. The maximum Gasteiger partial charge on any atom is 0.335 e. The minimum absolute atomic E-state index is 0.0290. The van der Waals surface area contributed by atoms with E-state index in [2.05, 4.69) is 5.32 Å². The van der Waals surface area contributed by atoms with Gasteiger partial charge < -0.3 is 20.6 Å². The molecule has 0 aliphatic heterocycles. The van der Waals surface area contributed by atoms with Crippen molar-refractivity contribution in [3.05, 3.63) is 34.9 Å². The van der Waals surface area contributed by atoms with E-state index in [1.807, 2.05) is 0 Å². The number of Topliss-reactive ketones (excluding diaryl/α,β-unsaturated/α-hetero) is 1. The first-order chi connectivity index (χ1) is 20.6. The van der Waals surface area contributed by atoms with E-state index in [-0.39, 0.29) is 29.8 Å². The molecule has 0 radical (unpaired) electrons. The molecular weight excluding hydrogens is 550 g/mol. The molecule has 0 spiro atoms. The van der Waals surface area contributed by atoms with Gasteiger partial charge in [-0.2, -0.15) is 0 Å². The quantitative estimate of drug-likeness (QED) is 0.0755. The zero-order valence-corrected chi connectivity index (χ0v) is 26.0. The van der Waals surface area contributed by atoms with E-state index in [0.717, 1.165) is 44.9 Å². The van der Waals surface area contributed by atoms with Crippen LogP contribution in [0.1, 0.15) is 155 Å². The van der Waals surface area contributed by atoms with E-state index >= 15 is 0 Å². The predicted molar refractivity (Wildman–Crippen MR) is 167 cm³/mol. The number of aromatic carboxylic acids is 1. The first-order valence-electron chi connectivity index (χ1n) is 16.2. The van der Waals surface area contributed by atoms with Crippen LogP contribution in [0.3, 0.4) is 0 Å². The van der Waals surface area contributed by atoms with Crippen LogP contribution >= 0.6 is 0 Å². The summed E-state index contributed by atoms with van der Waals surface area (Å²) in [6, 6.07) is 4.34. The van der Waals surface area contributed by atoms with Crippen molar-refractivity contribution >= 4 is 29.6 Å². The number of unbranched alkanes of at least 4 members (excludes halogenated alkanes) is 14. The number of hydrogen-bond donors (Lipinski definition) is 4. The van der Waals surface area contributed by atoms with Crippen molar-refractivity contribution in [2.75, 3.05) is 6.54 Å². The lowest BCUT2D eigenvalue weighted by molar-refractivity contribution is -0.141. The maximum atomic E-state index is 12.6. The lowest BCUT2D eigenvalue weighted by atomic mass is 9.98. The highest BCUT2D eigenvalue weighted by Crippen LogP contribution is 2.16. The Kier molecular flexibility index (Phi) is 20.4. The number of aliphatic carboxylic acids is 2. The van der Waals surface area contributed by atoms with E-state index in [1.54, 1.807) is 13.0 Å². The topological polar surface area (TPSA) is 158 Å². The first kappa shape index (κ1) is 37.8. The summed E-state index contributed by atoms with van der Waals surface area (Å²) in [6.07, 6.45) is 18.2. The molecule has 0 saturated carbocycles. The zero-order valence-electron chi connectivity index (χ0n) is 26.0. The summed E-state index contributed by atoms with van der Waals surface area (Å²) in [6.45, 7) is 2.00. The summed E-state index contributed by atoms with van der Waals surface area (Å²) in [5.74, 6) is -3.52. The molecule has 1 rings (SSSR count). The van der Waals surface area contributed by atoms with Gasteiger partial charge in [0.15, 0.2) is 0 Å². The van der Waals surface area contributed by atoms with Crippen molar-refractivity contribution in [3.8, 4) is 0 Å². The molecule has 1 aromatic rings. The Morgan fingerprint density at radius 3 is 1.60 bits per heavy atom. The van der Waals surface area contributed by atoms with Crippen LogP contribution in [0.2, 0.25) is 0 Å². The maximum absolute atomic E-state index is 12.6. The Morgan fingerprint density at radius 2 is 1.12 bits per heavy atom. The van der Waals surface area contributed by atoms with E-state index < -0.39 is 29.7 Å². The van der Waals surface area contributed by atoms with Crippen LogP contribution in [0.15, 0.2) is 18.2 Å². The molecule has 1 amide bonds. The van der Waals surface area contributed by atoms with E-state index in [9.17, 15) is 29.1 Å². The normalized spacial score (nSPS) is 11.7. The Labute approximate surface area is 256 Å². The molecule has 0 unspecified atom stereocenters. The third-order valence-electron chi connectivity index (χ3n) is 7.77. The summed E-state index contributed by atoms with van der Waals surface area (Å²) in [4.78, 5) is 58.2. The molecule has 0 aliphatic carbocycles. The number of carbonyl (C=O) groups is 5. The Balaban J connectivity index is 2.22. The van der Waals surface area contributed by atoms with Crippen molar-refractivity contribution in [1.29, 1.82) is 0 Å². The van der Waals surface area contributed by atoms with Crippen LogP contribution in [0, 0.1) is 5.92 Å². The van der Waals surface area contributed by atoms with Gasteiger partial charge in [-0.15, -0.1) is 0 Å². The van der Waals surface area contributed by atoms with Gasteiger partial charge in [0.05, 0.1) is 11.5 Å². The number of amides is 1. The molecule has 9 heteroatoms. The van der Waals surface area contributed by atoms with Crippen molar-refractivity contribution in [1.82, 2.24) is 5.32 Å². The number of ketones is 1. The predicted octanol–water partition coefficient (Wildman–Crippen LogP) is 7.44. The molecule has 9 nitrogen and oxygen atoms in total. The fourth-order valence-corrected chi connectivity index (χ4v) is 5.09. The van der Waals surface area contributed by atoms with Crippen LogP contribution in [0.4, 0.5) is 0 Å². The number of nitrogens with one attached hydrogen (secondary N) is 1. The van der Waals surface area contributed by atoms with Crippen LogP contribution in [0.25, 0.3) is 0 Å². The second-order valence-electron chi connectivity index (χ2n) is 11.8. The number of rotatable bonds is 27. The lowest BCUT2D eigenvalue weighted by Gasteiger charge is -2.10. The minimum atomic E-state index is -1.16. The molecule has 4 N–H and O–H groups in total. The van der Waals surface area contributed by atoms with E-state index in [1.165, 1.54) is 57.1 Å². The number of carboxylic acid groups (broad SMARTS) is 3. The highest BCUT2D eigenvalue weighted by atomic mass is 16.4. The monoisotopic (exact) mass is 603 g/mol. The van der Waals surface area contributed by atoms with Crippen LogP contribution in [-0.2, 0) is 20.8 Å². The van der Waals surface area contributed by atoms with E-state index in [0.29, 0.717) is 37.8 Å². The summed E-state index contributed by atoms with van der Waals surface area (Å²) >= 11 is 0. The van der Waals surface area contributed by atoms with Gasteiger partial charge in [0.2, 0.25) is 0 Å². The first-order valence-corrected chi connectivity index (χ1v) is 16.2. The molecule has 242 valence electrons. The Bertz CT molecular complexity index is 1010. The zero-order chi connectivity index (χ0) is 31.9. The van der Waals surface area contributed by atoms with Crippen molar-refractivity contribution in [2.24, 2.45) is 5.92 Å². The van der Waals surface area contributed by atoms with Gasteiger partial charge in [-0.25, -0.2) is 4.79 Å². The number of hydrogen-bond acceptors (Lipinski definition) is 5. The molecule has 0 saturated heterocycles. The van der Waals surface area contributed by atoms with E-state index in [4.69, 9.17) is 10.2 Å². The summed E-state index contributed by atoms with van der Waals surface area (Å²) in [5.41, 5.74) is 0.692. The fraction of sp³-hybridized carbons (Fsp3) is 0.676.